The predicted molar refractivity (Wildman–Crippen MR) is 79.7 cm³/mol. The van der Waals surface area contributed by atoms with Crippen molar-refractivity contribution in [2.24, 2.45) is 5.92 Å². The first kappa shape index (κ1) is 13.0. The average Bonchev–Trinajstić information content (AvgIpc) is 2.42. The van der Waals surface area contributed by atoms with Crippen LogP contribution in [-0.4, -0.2) is 19.2 Å². The molecule has 2 heteroatoms. The molecule has 0 amide bonds. The lowest BCUT2D eigenvalue weighted by Gasteiger charge is -2.47. The number of rotatable bonds is 3. The van der Waals surface area contributed by atoms with Gasteiger partial charge in [-0.15, -0.1) is 0 Å². The molecule has 2 heterocycles. The molecule has 104 valence electrons. The van der Waals surface area contributed by atoms with E-state index in [1.54, 1.807) is 0 Å². The number of hydrogen-bond donors (Lipinski definition) is 0. The minimum absolute atomic E-state index is 0.293. The first-order valence-corrected chi connectivity index (χ1v) is 7.72. The fourth-order valence-electron chi connectivity index (χ4n) is 3.77. The van der Waals surface area contributed by atoms with E-state index in [0.29, 0.717) is 18.1 Å². The zero-order valence-electron chi connectivity index (χ0n) is 12.4. The number of ether oxygens (including phenoxy) is 1. The maximum atomic E-state index is 6.03. The van der Waals surface area contributed by atoms with Gasteiger partial charge in [0, 0.05) is 30.4 Å². The Bertz CT molecular complexity index is 455. The van der Waals surface area contributed by atoms with Crippen molar-refractivity contribution in [3.05, 3.63) is 29.3 Å². The van der Waals surface area contributed by atoms with Crippen LogP contribution in [0.25, 0.3) is 0 Å². The van der Waals surface area contributed by atoms with E-state index in [0.717, 1.165) is 13.0 Å². The summed E-state index contributed by atoms with van der Waals surface area (Å²) in [5.41, 5.74) is 4.45. The normalized spacial score (nSPS) is 25.6. The minimum atomic E-state index is 0.293. The Morgan fingerprint density at radius 1 is 1.37 bits per heavy atom. The van der Waals surface area contributed by atoms with Gasteiger partial charge in [0.05, 0.1) is 6.10 Å². The number of anilines is 1. The molecule has 1 aromatic carbocycles. The van der Waals surface area contributed by atoms with Crippen LogP contribution >= 0.6 is 0 Å². The number of hydrogen-bond acceptors (Lipinski definition) is 2. The van der Waals surface area contributed by atoms with Crippen LogP contribution < -0.4 is 4.90 Å². The van der Waals surface area contributed by atoms with Crippen LogP contribution in [0.2, 0.25) is 0 Å². The van der Waals surface area contributed by atoms with E-state index in [2.05, 4.69) is 43.9 Å². The van der Waals surface area contributed by atoms with Crippen LogP contribution in [0.5, 0.6) is 0 Å². The monoisotopic (exact) mass is 259 g/mol. The second kappa shape index (κ2) is 5.16. The Morgan fingerprint density at radius 3 is 2.95 bits per heavy atom. The summed E-state index contributed by atoms with van der Waals surface area (Å²) < 4.78 is 6.03. The highest BCUT2D eigenvalue weighted by atomic mass is 16.5. The zero-order valence-corrected chi connectivity index (χ0v) is 12.4. The van der Waals surface area contributed by atoms with Gasteiger partial charge in [-0.25, -0.2) is 0 Å². The largest absolute Gasteiger partial charge is 0.374 e. The van der Waals surface area contributed by atoms with E-state index in [9.17, 15) is 0 Å². The molecule has 0 aromatic heterocycles. The van der Waals surface area contributed by atoms with E-state index in [4.69, 9.17) is 4.74 Å². The lowest BCUT2D eigenvalue weighted by molar-refractivity contribution is 0.0419. The van der Waals surface area contributed by atoms with E-state index in [-0.39, 0.29) is 0 Å². The first-order valence-electron chi connectivity index (χ1n) is 7.72. The molecule has 0 N–H and O–H groups in total. The van der Waals surface area contributed by atoms with Gasteiger partial charge < -0.3 is 9.64 Å². The molecule has 0 saturated carbocycles. The summed E-state index contributed by atoms with van der Waals surface area (Å²) in [7, 11) is 0. The van der Waals surface area contributed by atoms with E-state index >= 15 is 0 Å². The molecule has 2 nitrogen and oxygen atoms in total. The van der Waals surface area contributed by atoms with Crippen LogP contribution in [0.15, 0.2) is 18.2 Å². The highest BCUT2D eigenvalue weighted by Gasteiger charge is 2.36. The molecule has 2 atom stereocenters. The van der Waals surface area contributed by atoms with Gasteiger partial charge in [-0.05, 0) is 37.7 Å². The number of benzene rings is 1. The van der Waals surface area contributed by atoms with E-state index in [1.807, 2.05) is 0 Å². The summed E-state index contributed by atoms with van der Waals surface area (Å²) in [6, 6.07) is 7.41. The van der Waals surface area contributed by atoms with Gasteiger partial charge in [0.25, 0.3) is 0 Å². The van der Waals surface area contributed by atoms with Crippen LogP contribution in [0.1, 0.15) is 50.8 Å². The van der Waals surface area contributed by atoms with E-state index < -0.39 is 0 Å². The second-order valence-corrected chi connectivity index (χ2v) is 6.14. The molecule has 0 spiro atoms. The number of aryl methyl sites for hydroxylation is 1. The standard InChI is InChI=1S/C17H25NO/c1-4-19-16-11-15(12(2)3)18-10-6-8-13-7-5-9-14(16)17(13)18/h5,7,9,12,15-16H,4,6,8,10-11H2,1-3H3. The molecule has 2 unspecified atom stereocenters. The minimum Gasteiger partial charge on any atom is -0.374 e. The van der Waals surface area contributed by atoms with Gasteiger partial charge in [-0.1, -0.05) is 32.0 Å². The Kier molecular flexibility index (Phi) is 3.53. The first-order chi connectivity index (χ1) is 9.22. The third kappa shape index (κ3) is 2.16. The van der Waals surface area contributed by atoms with Gasteiger partial charge in [0.2, 0.25) is 0 Å². The Balaban J connectivity index is 2.07. The van der Waals surface area contributed by atoms with Crippen molar-refractivity contribution < 1.29 is 4.74 Å². The lowest BCUT2D eigenvalue weighted by Crippen LogP contribution is -2.47. The van der Waals surface area contributed by atoms with Crippen molar-refractivity contribution in [2.75, 3.05) is 18.1 Å². The number of para-hydroxylation sites is 1. The summed E-state index contributed by atoms with van der Waals surface area (Å²) in [6.45, 7) is 8.81. The lowest BCUT2D eigenvalue weighted by atomic mass is 9.83. The summed E-state index contributed by atoms with van der Waals surface area (Å²) in [6.07, 6.45) is 3.95. The Morgan fingerprint density at radius 2 is 2.21 bits per heavy atom. The molecule has 0 radical (unpaired) electrons. The van der Waals surface area contributed by atoms with Crippen molar-refractivity contribution >= 4 is 5.69 Å². The molecule has 2 aliphatic heterocycles. The van der Waals surface area contributed by atoms with Crippen LogP contribution in [0.3, 0.4) is 0 Å². The molecular weight excluding hydrogens is 234 g/mol. The molecule has 2 aliphatic rings. The molecule has 19 heavy (non-hydrogen) atoms. The van der Waals surface area contributed by atoms with Crippen molar-refractivity contribution in [1.82, 2.24) is 0 Å². The smallest absolute Gasteiger partial charge is 0.0864 e. The molecule has 0 saturated heterocycles. The maximum Gasteiger partial charge on any atom is 0.0864 e. The predicted octanol–water partition coefficient (Wildman–Crippen LogP) is 3.95. The van der Waals surface area contributed by atoms with Gasteiger partial charge in [-0.2, -0.15) is 0 Å². The van der Waals surface area contributed by atoms with Crippen molar-refractivity contribution in [2.45, 2.75) is 52.2 Å². The van der Waals surface area contributed by atoms with Gasteiger partial charge in [0.1, 0.15) is 0 Å². The zero-order chi connectivity index (χ0) is 13.4. The summed E-state index contributed by atoms with van der Waals surface area (Å²) in [5, 5.41) is 0. The highest BCUT2D eigenvalue weighted by molar-refractivity contribution is 5.64. The third-order valence-corrected chi connectivity index (χ3v) is 4.62. The van der Waals surface area contributed by atoms with Gasteiger partial charge >= 0.3 is 0 Å². The summed E-state index contributed by atoms with van der Waals surface area (Å²) >= 11 is 0. The molecule has 3 rings (SSSR count). The van der Waals surface area contributed by atoms with Gasteiger partial charge in [-0.3, -0.25) is 0 Å². The number of nitrogens with zero attached hydrogens (tertiary/aromatic N) is 1. The average molecular weight is 259 g/mol. The van der Waals surface area contributed by atoms with Crippen molar-refractivity contribution in [3.63, 3.8) is 0 Å². The van der Waals surface area contributed by atoms with Crippen LogP contribution in [0, 0.1) is 5.92 Å². The van der Waals surface area contributed by atoms with Crippen LogP contribution in [0.4, 0.5) is 5.69 Å². The second-order valence-electron chi connectivity index (χ2n) is 6.14. The highest BCUT2D eigenvalue weighted by Crippen LogP contribution is 2.45. The molecule has 0 fully saturated rings. The summed E-state index contributed by atoms with van der Waals surface area (Å²) in [4.78, 5) is 2.66. The molecular formula is C17H25NO. The maximum absolute atomic E-state index is 6.03. The summed E-state index contributed by atoms with van der Waals surface area (Å²) in [5.74, 6) is 0.683. The fraction of sp³-hybridized carbons (Fsp3) is 0.647. The van der Waals surface area contributed by atoms with Crippen LogP contribution in [-0.2, 0) is 11.2 Å². The topological polar surface area (TPSA) is 12.5 Å². The SMILES string of the molecule is CCOC1CC(C(C)C)N2CCCc3cccc1c32. The van der Waals surface area contributed by atoms with Crippen molar-refractivity contribution in [3.8, 4) is 0 Å². The fourth-order valence-corrected chi connectivity index (χ4v) is 3.77. The molecule has 1 aromatic rings. The third-order valence-electron chi connectivity index (χ3n) is 4.62. The molecule has 0 bridgehead atoms. The van der Waals surface area contributed by atoms with Gasteiger partial charge in [0.15, 0.2) is 0 Å². The van der Waals surface area contributed by atoms with E-state index in [1.165, 1.54) is 36.2 Å². The Hall–Kier alpha value is -1.02. The molecule has 0 aliphatic carbocycles. The van der Waals surface area contributed by atoms with Crippen molar-refractivity contribution in [1.29, 1.82) is 0 Å². The quantitative estimate of drug-likeness (QED) is 0.815. The Labute approximate surface area is 116 Å².